The summed E-state index contributed by atoms with van der Waals surface area (Å²) in [5.74, 6) is 1.55. The van der Waals surface area contributed by atoms with Crippen LogP contribution in [0.15, 0.2) is 6.33 Å². The van der Waals surface area contributed by atoms with Crippen LogP contribution < -0.4 is 0 Å². The Morgan fingerprint density at radius 3 is 2.85 bits per heavy atom. The molecule has 1 aliphatic rings. The molecule has 0 saturated carbocycles. The summed E-state index contributed by atoms with van der Waals surface area (Å²) in [6.07, 6.45) is 5.90. The summed E-state index contributed by atoms with van der Waals surface area (Å²) in [6, 6.07) is 0.0320. The van der Waals surface area contributed by atoms with E-state index in [1.165, 1.54) is 17.6 Å². The number of hydrogen-bond acceptors (Lipinski definition) is 4. The first-order chi connectivity index (χ1) is 12.5. The molecule has 0 spiro atoms. The SMILES string of the molecule is Cc1nn(CC(C)C)c(C)c1CCC(=O)N1CCCCC1c1ncn[nH]1. The van der Waals surface area contributed by atoms with Gasteiger partial charge in [-0.1, -0.05) is 13.8 Å². The highest BCUT2D eigenvalue weighted by Crippen LogP contribution is 2.29. The third kappa shape index (κ3) is 3.97. The maximum atomic E-state index is 12.9. The maximum absolute atomic E-state index is 12.9. The Hall–Kier alpha value is -2.18. The Bertz CT molecular complexity index is 734. The zero-order valence-electron chi connectivity index (χ0n) is 16.3. The second-order valence-corrected chi connectivity index (χ2v) is 7.69. The van der Waals surface area contributed by atoms with E-state index in [0.717, 1.165) is 50.3 Å². The van der Waals surface area contributed by atoms with Gasteiger partial charge in [0.25, 0.3) is 0 Å². The average molecular weight is 358 g/mol. The van der Waals surface area contributed by atoms with Crippen LogP contribution in [0.5, 0.6) is 0 Å². The van der Waals surface area contributed by atoms with Crippen molar-refractivity contribution in [3.05, 3.63) is 29.1 Å². The van der Waals surface area contributed by atoms with Crippen LogP contribution in [0.2, 0.25) is 0 Å². The second kappa shape index (κ2) is 8.01. The Labute approximate surface area is 155 Å². The maximum Gasteiger partial charge on any atom is 0.223 e. The van der Waals surface area contributed by atoms with E-state index in [0.29, 0.717) is 12.3 Å². The molecule has 0 aliphatic carbocycles. The molecular weight excluding hydrogens is 328 g/mol. The van der Waals surface area contributed by atoms with E-state index in [2.05, 4.69) is 45.7 Å². The number of piperidine rings is 1. The molecule has 0 radical (unpaired) electrons. The van der Waals surface area contributed by atoms with Gasteiger partial charge >= 0.3 is 0 Å². The predicted molar refractivity (Wildman–Crippen MR) is 99.5 cm³/mol. The molecule has 3 heterocycles. The molecule has 26 heavy (non-hydrogen) atoms. The van der Waals surface area contributed by atoms with E-state index in [1.54, 1.807) is 0 Å². The summed E-state index contributed by atoms with van der Waals surface area (Å²) in [5, 5.41) is 11.6. The highest BCUT2D eigenvalue weighted by molar-refractivity contribution is 5.77. The summed E-state index contributed by atoms with van der Waals surface area (Å²) >= 11 is 0. The number of likely N-dealkylation sites (tertiary alicyclic amines) is 1. The smallest absolute Gasteiger partial charge is 0.223 e. The van der Waals surface area contributed by atoms with Gasteiger partial charge in [-0.05, 0) is 51.0 Å². The number of hydrogen-bond donors (Lipinski definition) is 1. The van der Waals surface area contributed by atoms with Crippen molar-refractivity contribution in [3.8, 4) is 0 Å². The predicted octanol–water partition coefficient (Wildman–Crippen LogP) is 2.96. The zero-order chi connectivity index (χ0) is 18.7. The highest BCUT2D eigenvalue weighted by atomic mass is 16.2. The summed E-state index contributed by atoms with van der Waals surface area (Å²) < 4.78 is 2.08. The van der Waals surface area contributed by atoms with Crippen molar-refractivity contribution in [2.75, 3.05) is 6.54 Å². The normalized spacial score (nSPS) is 17.9. The lowest BCUT2D eigenvalue weighted by Crippen LogP contribution is -2.39. The van der Waals surface area contributed by atoms with Crippen molar-refractivity contribution < 1.29 is 4.79 Å². The summed E-state index contributed by atoms with van der Waals surface area (Å²) in [4.78, 5) is 19.2. The first kappa shape index (κ1) is 18.6. The van der Waals surface area contributed by atoms with E-state index in [4.69, 9.17) is 0 Å². The van der Waals surface area contributed by atoms with Gasteiger partial charge in [0.1, 0.15) is 12.2 Å². The molecule has 3 rings (SSSR count). The molecule has 142 valence electrons. The van der Waals surface area contributed by atoms with E-state index in [-0.39, 0.29) is 11.9 Å². The van der Waals surface area contributed by atoms with Gasteiger partial charge in [-0.3, -0.25) is 14.6 Å². The number of aryl methyl sites for hydroxylation is 1. The second-order valence-electron chi connectivity index (χ2n) is 7.69. The lowest BCUT2D eigenvalue weighted by atomic mass is 10.00. The third-order valence-electron chi connectivity index (χ3n) is 5.23. The van der Waals surface area contributed by atoms with E-state index >= 15 is 0 Å². The molecule has 1 atom stereocenters. The van der Waals surface area contributed by atoms with Gasteiger partial charge in [-0.25, -0.2) is 4.98 Å². The molecule has 1 unspecified atom stereocenters. The molecule has 7 heteroatoms. The van der Waals surface area contributed by atoms with Gasteiger partial charge in [0.15, 0.2) is 0 Å². The lowest BCUT2D eigenvalue weighted by Gasteiger charge is -2.34. The summed E-state index contributed by atoms with van der Waals surface area (Å²) in [5.41, 5.74) is 3.45. The summed E-state index contributed by atoms with van der Waals surface area (Å²) in [6.45, 7) is 10.3. The van der Waals surface area contributed by atoms with E-state index in [9.17, 15) is 4.79 Å². The van der Waals surface area contributed by atoms with Gasteiger partial charge < -0.3 is 4.90 Å². The van der Waals surface area contributed by atoms with Crippen LogP contribution in [0.25, 0.3) is 0 Å². The first-order valence-electron chi connectivity index (χ1n) is 9.65. The fourth-order valence-corrected chi connectivity index (χ4v) is 3.88. The fraction of sp³-hybridized carbons (Fsp3) is 0.684. The average Bonchev–Trinajstić information content (AvgIpc) is 3.22. The van der Waals surface area contributed by atoms with Crippen LogP contribution >= 0.6 is 0 Å². The highest BCUT2D eigenvalue weighted by Gasteiger charge is 2.29. The van der Waals surface area contributed by atoms with Crippen LogP contribution in [-0.4, -0.2) is 42.3 Å². The minimum Gasteiger partial charge on any atom is -0.332 e. The summed E-state index contributed by atoms with van der Waals surface area (Å²) in [7, 11) is 0. The Morgan fingerprint density at radius 1 is 1.35 bits per heavy atom. The molecule has 0 bridgehead atoms. The number of nitrogens with one attached hydrogen (secondary N) is 1. The largest absolute Gasteiger partial charge is 0.332 e. The molecule has 1 aliphatic heterocycles. The Morgan fingerprint density at radius 2 is 2.15 bits per heavy atom. The zero-order valence-corrected chi connectivity index (χ0v) is 16.3. The van der Waals surface area contributed by atoms with Crippen LogP contribution in [0.4, 0.5) is 0 Å². The van der Waals surface area contributed by atoms with Gasteiger partial charge in [0, 0.05) is 25.2 Å². The van der Waals surface area contributed by atoms with Crippen molar-refractivity contribution in [3.63, 3.8) is 0 Å². The number of H-pyrrole nitrogens is 1. The van der Waals surface area contributed by atoms with Crippen molar-refractivity contribution >= 4 is 5.91 Å². The first-order valence-corrected chi connectivity index (χ1v) is 9.65. The molecule has 0 aromatic carbocycles. The number of carbonyl (C=O) groups is 1. The number of carbonyl (C=O) groups excluding carboxylic acids is 1. The molecule has 1 fully saturated rings. The fourth-order valence-electron chi connectivity index (χ4n) is 3.88. The number of aromatic nitrogens is 5. The molecule has 1 N–H and O–H groups in total. The number of rotatable bonds is 6. The van der Waals surface area contributed by atoms with Crippen molar-refractivity contribution in [2.45, 2.75) is 72.4 Å². The molecular formula is C19H30N6O. The molecule has 2 aromatic heterocycles. The van der Waals surface area contributed by atoms with Crippen LogP contribution in [0.1, 0.15) is 68.3 Å². The lowest BCUT2D eigenvalue weighted by molar-refractivity contribution is -0.135. The minimum absolute atomic E-state index is 0.0320. The molecule has 1 amide bonds. The van der Waals surface area contributed by atoms with Crippen LogP contribution in [0, 0.1) is 19.8 Å². The van der Waals surface area contributed by atoms with Crippen molar-refractivity contribution in [2.24, 2.45) is 5.92 Å². The molecule has 2 aromatic rings. The Balaban J connectivity index is 1.67. The minimum atomic E-state index is 0.0320. The number of aromatic amines is 1. The van der Waals surface area contributed by atoms with E-state index < -0.39 is 0 Å². The van der Waals surface area contributed by atoms with Gasteiger partial charge in [-0.15, -0.1) is 0 Å². The van der Waals surface area contributed by atoms with Crippen LogP contribution in [0.3, 0.4) is 0 Å². The quantitative estimate of drug-likeness (QED) is 0.861. The molecule has 7 nitrogen and oxygen atoms in total. The van der Waals surface area contributed by atoms with Gasteiger partial charge in [-0.2, -0.15) is 10.2 Å². The molecule has 1 saturated heterocycles. The third-order valence-corrected chi connectivity index (χ3v) is 5.23. The van der Waals surface area contributed by atoms with Crippen molar-refractivity contribution in [1.29, 1.82) is 0 Å². The van der Waals surface area contributed by atoms with Gasteiger partial charge in [0.05, 0.1) is 11.7 Å². The standard InChI is InChI=1S/C19H30N6O/c1-13(2)11-25-15(4)16(14(3)23-25)8-9-18(26)24-10-6-5-7-17(24)19-20-12-21-22-19/h12-13,17H,5-11H2,1-4H3,(H,20,21,22). The van der Waals surface area contributed by atoms with Crippen LogP contribution in [-0.2, 0) is 17.8 Å². The number of amides is 1. The Kier molecular flexibility index (Phi) is 5.74. The monoisotopic (exact) mass is 358 g/mol. The van der Waals surface area contributed by atoms with Crippen molar-refractivity contribution in [1.82, 2.24) is 29.9 Å². The number of nitrogens with zero attached hydrogens (tertiary/aromatic N) is 5. The van der Waals surface area contributed by atoms with Gasteiger partial charge in [0.2, 0.25) is 5.91 Å². The topological polar surface area (TPSA) is 79.7 Å². The van der Waals surface area contributed by atoms with E-state index in [1.807, 2.05) is 11.8 Å².